The predicted molar refractivity (Wildman–Crippen MR) is 58.5 cm³/mol. The number of hydrogen-bond donors (Lipinski definition) is 0. The molecule has 0 spiro atoms. The lowest BCUT2D eigenvalue weighted by Gasteiger charge is -2.09. The highest BCUT2D eigenvalue weighted by molar-refractivity contribution is 5.49. The molecular formula is C11H12F3NO3. The quantitative estimate of drug-likeness (QED) is 0.461. The van der Waals surface area contributed by atoms with Gasteiger partial charge in [0, 0.05) is 6.07 Å². The number of halogens is 3. The molecule has 0 aliphatic heterocycles. The van der Waals surface area contributed by atoms with Crippen LogP contribution in [0.5, 0.6) is 5.75 Å². The van der Waals surface area contributed by atoms with Crippen molar-refractivity contribution in [2.45, 2.75) is 25.9 Å². The van der Waals surface area contributed by atoms with Crippen LogP contribution >= 0.6 is 0 Å². The molecule has 7 heteroatoms. The fraction of sp³-hybridized carbons (Fsp3) is 0.455. The van der Waals surface area contributed by atoms with Gasteiger partial charge < -0.3 is 4.74 Å². The van der Waals surface area contributed by atoms with Gasteiger partial charge in [0.1, 0.15) is 0 Å². The molecule has 0 bridgehead atoms. The summed E-state index contributed by atoms with van der Waals surface area (Å²) < 4.78 is 42.3. The van der Waals surface area contributed by atoms with Crippen LogP contribution in [0, 0.1) is 10.1 Å². The van der Waals surface area contributed by atoms with E-state index in [2.05, 4.69) is 0 Å². The van der Waals surface area contributed by atoms with E-state index >= 15 is 0 Å². The average molecular weight is 263 g/mol. The second kappa shape index (κ2) is 5.70. The molecule has 0 saturated heterocycles. The minimum atomic E-state index is -4.60. The number of nitro groups is 1. The zero-order valence-corrected chi connectivity index (χ0v) is 9.66. The van der Waals surface area contributed by atoms with Gasteiger partial charge >= 0.3 is 11.9 Å². The molecule has 0 radical (unpaired) electrons. The third kappa shape index (κ3) is 3.61. The number of alkyl halides is 3. The summed E-state index contributed by atoms with van der Waals surface area (Å²) in [5.41, 5.74) is -1.72. The van der Waals surface area contributed by atoms with Crippen LogP contribution in [0.3, 0.4) is 0 Å². The van der Waals surface area contributed by atoms with Crippen molar-refractivity contribution in [2.24, 2.45) is 0 Å². The molecule has 1 aromatic carbocycles. The fourth-order valence-corrected chi connectivity index (χ4v) is 1.28. The SMILES string of the molecule is CCCCOc1ccc(C(F)(F)F)cc1[N+](=O)[O-]. The maximum Gasteiger partial charge on any atom is 0.416 e. The Labute approximate surface area is 102 Å². The van der Waals surface area contributed by atoms with Crippen LogP contribution in [0.1, 0.15) is 25.3 Å². The highest BCUT2D eigenvalue weighted by atomic mass is 19.4. The van der Waals surface area contributed by atoms with Crippen LogP contribution in [0.15, 0.2) is 18.2 Å². The Balaban J connectivity index is 3.01. The topological polar surface area (TPSA) is 52.4 Å². The summed E-state index contributed by atoms with van der Waals surface area (Å²) in [6.45, 7) is 2.15. The van der Waals surface area contributed by atoms with Crippen molar-refractivity contribution in [3.8, 4) is 5.75 Å². The van der Waals surface area contributed by atoms with E-state index in [1.807, 2.05) is 6.92 Å². The van der Waals surface area contributed by atoms with Crippen molar-refractivity contribution >= 4 is 5.69 Å². The van der Waals surface area contributed by atoms with Gasteiger partial charge in [-0.15, -0.1) is 0 Å². The Morgan fingerprint density at radius 1 is 1.39 bits per heavy atom. The largest absolute Gasteiger partial charge is 0.487 e. The Kier molecular flexibility index (Phi) is 4.52. The number of ether oxygens (including phenoxy) is 1. The number of nitrogens with zero attached hydrogens (tertiary/aromatic N) is 1. The second-order valence-electron chi connectivity index (χ2n) is 3.64. The standard InChI is InChI=1S/C11H12F3NO3/c1-2-3-6-18-10-5-4-8(11(12,13)14)7-9(10)15(16)17/h4-5,7H,2-3,6H2,1H3. The summed E-state index contributed by atoms with van der Waals surface area (Å²) >= 11 is 0. The minimum Gasteiger partial charge on any atom is -0.487 e. The van der Waals surface area contributed by atoms with E-state index in [1.165, 1.54) is 0 Å². The molecule has 4 nitrogen and oxygen atoms in total. The van der Waals surface area contributed by atoms with E-state index in [1.54, 1.807) is 0 Å². The normalized spacial score (nSPS) is 11.3. The Morgan fingerprint density at radius 3 is 2.56 bits per heavy atom. The first-order chi connectivity index (χ1) is 8.36. The molecule has 0 amide bonds. The van der Waals surface area contributed by atoms with Crippen molar-refractivity contribution in [3.05, 3.63) is 33.9 Å². The van der Waals surface area contributed by atoms with Gasteiger partial charge in [-0.05, 0) is 18.6 Å². The van der Waals surface area contributed by atoms with Crippen LogP contribution in [0.25, 0.3) is 0 Å². The number of hydrogen-bond acceptors (Lipinski definition) is 3. The zero-order valence-electron chi connectivity index (χ0n) is 9.66. The summed E-state index contributed by atoms with van der Waals surface area (Å²) in [5, 5.41) is 10.7. The first-order valence-electron chi connectivity index (χ1n) is 5.34. The molecule has 0 aliphatic rings. The molecule has 0 heterocycles. The Morgan fingerprint density at radius 2 is 2.06 bits per heavy atom. The van der Waals surface area contributed by atoms with Crippen molar-refractivity contribution in [3.63, 3.8) is 0 Å². The van der Waals surface area contributed by atoms with Gasteiger partial charge in [-0.1, -0.05) is 13.3 Å². The first kappa shape index (κ1) is 14.3. The summed E-state index contributed by atoms with van der Waals surface area (Å²) in [7, 11) is 0. The van der Waals surface area contributed by atoms with Gasteiger partial charge in [0.2, 0.25) is 0 Å². The maximum absolute atomic E-state index is 12.4. The lowest BCUT2D eigenvalue weighted by Crippen LogP contribution is -2.07. The van der Waals surface area contributed by atoms with Crippen LogP contribution in [-0.2, 0) is 6.18 Å². The highest BCUT2D eigenvalue weighted by Crippen LogP contribution is 2.36. The fourth-order valence-electron chi connectivity index (χ4n) is 1.28. The lowest BCUT2D eigenvalue weighted by atomic mass is 10.2. The van der Waals surface area contributed by atoms with E-state index in [0.29, 0.717) is 12.5 Å². The maximum atomic E-state index is 12.4. The highest BCUT2D eigenvalue weighted by Gasteiger charge is 2.33. The lowest BCUT2D eigenvalue weighted by molar-refractivity contribution is -0.386. The van der Waals surface area contributed by atoms with E-state index in [9.17, 15) is 23.3 Å². The monoisotopic (exact) mass is 263 g/mol. The van der Waals surface area contributed by atoms with E-state index in [4.69, 9.17) is 4.74 Å². The molecule has 0 aromatic heterocycles. The van der Waals surface area contributed by atoms with Crippen molar-refractivity contribution in [1.82, 2.24) is 0 Å². The molecule has 0 aliphatic carbocycles. The molecule has 0 unspecified atom stereocenters. The molecule has 0 saturated carbocycles. The summed E-state index contributed by atoms with van der Waals surface area (Å²) in [6, 6.07) is 2.24. The van der Waals surface area contributed by atoms with E-state index in [0.717, 1.165) is 18.6 Å². The smallest absolute Gasteiger partial charge is 0.416 e. The van der Waals surface area contributed by atoms with Gasteiger partial charge in [-0.2, -0.15) is 13.2 Å². The molecule has 0 N–H and O–H groups in total. The minimum absolute atomic E-state index is 0.138. The van der Waals surface area contributed by atoms with Gasteiger partial charge in [-0.3, -0.25) is 10.1 Å². The van der Waals surface area contributed by atoms with Crippen molar-refractivity contribution in [2.75, 3.05) is 6.61 Å². The number of nitro benzene ring substituents is 1. The van der Waals surface area contributed by atoms with Crippen LogP contribution in [0.4, 0.5) is 18.9 Å². The summed E-state index contributed by atoms with van der Waals surface area (Å²) in [5.74, 6) is -0.138. The summed E-state index contributed by atoms with van der Waals surface area (Å²) in [4.78, 5) is 9.81. The van der Waals surface area contributed by atoms with E-state index in [-0.39, 0.29) is 12.4 Å². The molecule has 0 fully saturated rings. The molecule has 100 valence electrons. The van der Waals surface area contributed by atoms with Crippen molar-refractivity contribution in [1.29, 1.82) is 0 Å². The van der Waals surface area contributed by atoms with Crippen LogP contribution in [-0.4, -0.2) is 11.5 Å². The van der Waals surface area contributed by atoms with Gasteiger partial charge in [0.25, 0.3) is 0 Å². The molecule has 1 aromatic rings. The molecule has 1 rings (SSSR count). The van der Waals surface area contributed by atoms with Gasteiger partial charge in [0.05, 0.1) is 17.1 Å². The number of benzene rings is 1. The Hall–Kier alpha value is -1.79. The second-order valence-corrected chi connectivity index (χ2v) is 3.64. The summed E-state index contributed by atoms with van der Waals surface area (Å²) in [6.07, 6.45) is -3.10. The number of rotatable bonds is 5. The molecule has 0 atom stereocenters. The van der Waals surface area contributed by atoms with Crippen molar-refractivity contribution < 1.29 is 22.8 Å². The number of unbranched alkanes of at least 4 members (excludes halogenated alkanes) is 1. The van der Waals surface area contributed by atoms with Crippen LogP contribution < -0.4 is 4.74 Å². The average Bonchev–Trinajstić information content (AvgIpc) is 2.28. The molecule has 18 heavy (non-hydrogen) atoms. The van der Waals surface area contributed by atoms with Gasteiger partial charge in [-0.25, -0.2) is 0 Å². The van der Waals surface area contributed by atoms with E-state index < -0.39 is 22.4 Å². The zero-order chi connectivity index (χ0) is 13.8. The third-order valence-corrected chi connectivity index (χ3v) is 2.24. The van der Waals surface area contributed by atoms with Gasteiger partial charge in [0.15, 0.2) is 5.75 Å². The third-order valence-electron chi connectivity index (χ3n) is 2.24. The van der Waals surface area contributed by atoms with Crippen LogP contribution in [0.2, 0.25) is 0 Å². The Bertz CT molecular complexity index is 432. The first-order valence-corrected chi connectivity index (χ1v) is 5.34. The molecular weight excluding hydrogens is 251 g/mol. The predicted octanol–water partition coefficient (Wildman–Crippen LogP) is 3.79.